The number of fused-ring (bicyclic) bond motifs is 1. The largest absolute Gasteiger partial charge is 0.506 e. The summed E-state index contributed by atoms with van der Waals surface area (Å²) in [6, 6.07) is 9.17. The van der Waals surface area contributed by atoms with Crippen molar-refractivity contribution >= 4 is 28.6 Å². The molecule has 0 radical (unpaired) electrons. The molecule has 5 nitrogen and oxygen atoms in total. The van der Waals surface area contributed by atoms with E-state index >= 15 is 0 Å². The molecule has 2 aromatic heterocycles. The number of pyridine rings is 1. The van der Waals surface area contributed by atoms with Crippen molar-refractivity contribution in [3.63, 3.8) is 0 Å². The van der Waals surface area contributed by atoms with E-state index < -0.39 is 0 Å². The molecule has 0 atom stereocenters. The normalized spacial score (nSPS) is 11.1. The predicted molar refractivity (Wildman–Crippen MR) is 83.4 cm³/mol. The Labute approximate surface area is 127 Å². The van der Waals surface area contributed by atoms with E-state index in [0.29, 0.717) is 24.1 Å². The van der Waals surface area contributed by atoms with Crippen molar-refractivity contribution in [2.75, 3.05) is 5.73 Å². The van der Waals surface area contributed by atoms with Crippen molar-refractivity contribution in [3.8, 4) is 5.75 Å². The number of hydrogen-bond donors (Lipinski definition) is 2. The van der Waals surface area contributed by atoms with Crippen LogP contribution in [0.3, 0.4) is 0 Å². The monoisotopic (exact) mass is 302 g/mol. The molecular formula is C15H15ClN4O. The lowest BCUT2D eigenvalue weighted by Crippen LogP contribution is -2.06. The summed E-state index contributed by atoms with van der Waals surface area (Å²) in [6.45, 7) is 2.24. The molecule has 21 heavy (non-hydrogen) atoms. The second-order valence-corrected chi connectivity index (χ2v) is 5.20. The molecule has 108 valence electrons. The number of alkyl halides is 1. The van der Waals surface area contributed by atoms with E-state index in [9.17, 15) is 5.11 Å². The summed E-state index contributed by atoms with van der Waals surface area (Å²) in [5, 5.41) is 9.94. The molecule has 3 rings (SSSR count). The van der Waals surface area contributed by atoms with E-state index in [1.165, 1.54) is 0 Å². The van der Waals surface area contributed by atoms with Crippen LogP contribution in [0, 0.1) is 6.92 Å². The third-order valence-corrected chi connectivity index (χ3v) is 3.70. The number of nitrogens with two attached hydrogens (primary N) is 1. The van der Waals surface area contributed by atoms with Gasteiger partial charge in [0.05, 0.1) is 17.6 Å². The molecule has 0 aliphatic rings. The van der Waals surface area contributed by atoms with Gasteiger partial charge in [-0.1, -0.05) is 6.07 Å². The summed E-state index contributed by atoms with van der Waals surface area (Å²) in [6.07, 6.45) is 0. The van der Waals surface area contributed by atoms with Crippen molar-refractivity contribution in [1.29, 1.82) is 0 Å². The molecule has 3 aromatic rings. The highest BCUT2D eigenvalue weighted by Crippen LogP contribution is 2.24. The van der Waals surface area contributed by atoms with Crippen LogP contribution in [0.25, 0.3) is 11.0 Å². The average Bonchev–Trinajstić information content (AvgIpc) is 2.78. The van der Waals surface area contributed by atoms with Gasteiger partial charge in [-0.15, -0.1) is 11.6 Å². The quantitative estimate of drug-likeness (QED) is 0.729. The molecule has 0 bridgehead atoms. The molecule has 2 heterocycles. The summed E-state index contributed by atoms with van der Waals surface area (Å²) in [7, 11) is 0. The average molecular weight is 303 g/mol. The number of imidazole rings is 1. The zero-order valence-corrected chi connectivity index (χ0v) is 12.3. The second-order valence-electron chi connectivity index (χ2n) is 4.93. The third kappa shape index (κ3) is 2.52. The number of benzene rings is 1. The van der Waals surface area contributed by atoms with E-state index in [-0.39, 0.29) is 5.75 Å². The number of rotatable bonds is 3. The van der Waals surface area contributed by atoms with Crippen molar-refractivity contribution in [3.05, 3.63) is 47.3 Å². The maximum atomic E-state index is 9.94. The van der Waals surface area contributed by atoms with Gasteiger partial charge in [-0.25, -0.2) is 4.98 Å². The lowest BCUT2D eigenvalue weighted by Gasteiger charge is -2.09. The molecule has 0 aliphatic carbocycles. The van der Waals surface area contributed by atoms with Gasteiger partial charge in [-0.05, 0) is 36.8 Å². The van der Waals surface area contributed by atoms with Gasteiger partial charge < -0.3 is 15.4 Å². The van der Waals surface area contributed by atoms with Gasteiger partial charge in [0.25, 0.3) is 0 Å². The molecule has 0 aliphatic heterocycles. The van der Waals surface area contributed by atoms with Crippen LogP contribution in [0.15, 0.2) is 30.3 Å². The molecule has 0 unspecified atom stereocenters. The second kappa shape index (κ2) is 5.26. The molecule has 0 fully saturated rings. The number of nitrogens with zero attached hydrogens (tertiary/aromatic N) is 3. The van der Waals surface area contributed by atoms with Gasteiger partial charge >= 0.3 is 0 Å². The number of hydrogen-bond acceptors (Lipinski definition) is 4. The minimum atomic E-state index is 0.148. The van der Waals surface area contributed by atoms with Crippen LogP contribution in [-0.2, 0) is 12.4 Å². The highest BCUT2D eigenvalue weighted by Gasteiger charge is 2.12. The van der Waals surface area contributed by atoms with E-state index in [4.69, 9.17) is 17.3 Å². The van der Waals surface area contributed by atoms with Gasteiger partial charge in [0.2, 0.25) is 5.95 Å². The fourth-order valence-corrected chi connectivity index (χ4v) is 2.47. The molecule has 6 heteroatoms. The number of aromatic hydroxyl groups is 1. The smallest absolute Gasteiger partial charge is 0.201 e. The highest BCUT2D eigenvalue weighted by atomic mass is 35.5. The zero-order chi connectivity index (χ0) is 15.0. The van der Waals surface area contributed by atoms with Crippen LogP contribution in [0.2, 0.25) is 0 Å². The zero-order valence-electron chi connectivity index (χ0n) is 11.5. The minimum Gasteiger partial charge on any atom is -0.506 e. The number of anilines is 1. The van der Waals surface area contributed by atoms with Crippen LogP contribution < -0.4 is 5.73 Å². The number of halogens is 1. The van der Waals surface area contributed by atoms with Crippen molar-refractivity contribution in [2.45, 2.75) is 19.3 Å². The van der Waals surface area contributed by atoms with Crippen LogP contribution in [0.5, 0.6) is 5.75 Å². The van der Waals surface area contributed by atoms with Gasteiger partial charge in [0, 0.05) is 11.6 Å². The lowest BCUT2D eigenvalue weighted by molar-refractivity contribution is 0.461. The van der Waals surface area contributed by atoms with Gasteiger partial charge in [0.15, 0.2) is 0 Å². The Morgan fingerprint density at radius 2 is 2.05 bits per heavy atom. The topological polar surface area (TPSA) is 77.0 Å². The van der Waals surface area contributed by atoms with Crippen molar-refractivity contribution < 1.29 is 5.11 Å². The summed E-state index contributed by atoms with van der Waals surface area (Å²) >= 11 is 5.88. The van der Waals surface area contributed by atoms with Crippen LogP contribution in [-0.4, -0.2) is 19.6 Å². The maximum Gasteiger partial charge on any atom is 0.201 e. The van der Waals surface area contributed by atoms with Crippen molar-refractivity contribution in [2.24, 2.45) is 0 Å². The molecule has 0 saturated heterocycles. The van der Waals surface area contributed by atoms with E-state index in [1.54, 1.807) is 12.1 Å². The molecule has 3 N–H and O–H groups in total. The van der Waals surface area contributed by atoms with Gasteiger partial charge in [0.1, 0.15) is 11.4 Å². The first-order valence-corrected chi connectivity index (χ1v) is 7.08. The van der Waals surface area contributed by atoms with Gasteiger partial charge in [-0.2, -0.15) is 0 Å². The van der Waals surface area contributed by atoms with Crippen molar-refractivity contribution in [1.82, 2.24) is 14.5 Å². The number of aryl methyl sites for hydroxylation is 1. The van der Waals surface area contributed by atoms with Crippen LogP contribution in [0.4, 0.5) is 5.95 Å². The van der Waals surface area contributed by atoms with Crippen LogP contribution in [0.1, 0.15) is 17.0 Å². The summed E-state index contributed by atoms with van der Waals surface area (Å²) in [5.41, 5.74) is 10.1. The molecule has 0 saturated carbocycles. The molecular weight excluding hydrogens is 288 g/mol. The molecule has 0 spiro atoms. The highest BCUT2D eigenvalue weighted by molar-refractivity contribution is 6.17. The Bertz CT molecular complexity index is 813. The fourth-order valence-electron chi connectivity index (χ4n) is 2.31. The molecule has 0 amide bonds. The first-order valence-electron chi connectivity index (χ1n) is 6.54. The van der Waals surface area contributed by atoms with E-state index in [1.807, 2.05) is 29.7 Å². The third-order valence-electron chi connectivity index (χ3n) is 3.39. The summed E-state index contributed by atoms with van der Waals surface area (Å²) in [4.78, 5) is 8.68. The molecule has 1 aromatic carbocycles. The lowest BCUT2D eigenvalue weighted by atomic mass is 10.2. The predicted octanol–water partition coefficient (Wildman–Crippen LogP) is 2.81. The Morgan fingerprint density at radius 3 is 2.81 bits per heavy atom. The van der Waals surface area contributed by atoms with Gasteiger partial charge in [-0.3, -0.25) is 4.98 Å². The number of aromatic nitrogens is 3. The first-order chi connectivity index (χ1) is 10.1. The Morgan fingerprint density at radius 1 is 1.24 bits per heavy atom. The Balaban J connectivity index is 2.11. The maximum absolute atomic E-state index is 9.94. The minimum absolute atomic E-state index is 0.148. The van der Waals surface area contributed by atoms with Crippen LogP contribution >= 0.6 is 11.6 Å². The Kier molecular flexibility index (Phi) is 3.43. The van der Waals surface area contributed by atoms with E-state index in [2.05, 4.69) is 9.97 Å². The summed E-state index contributed by atoms with van der Waals surface area (Å²) < 4.78 is 1.83. The Hall–Kier alpha value is -2.27. The number of nitrogen functional groups attached to an aromatic ring is 1. The van der Waals surface area contributed by atoms with E-state index in [0.717, 1.165) is 22.3 Å². The summed E-state index contributed by atoms with van der Waals surface area (Å²) in [5.74, 6) is 0.962. The SMILES string of the molecule is Cc1ccc(O)c(Cn2c(N)nc3ccc(CCl)cc32)n1. The first kappa shape index (κ1) is 13.7. The fraction of sp³-hybridized carbons (Fsp3) is 0.200. The standard InChI is InChI=1S/C15H15ClN4O/c1-9-2-5-14(21)12(18-9)8-20-13-6-10(7-16)3-4-11(13)19-15(20)17/h2-6,21H,7-8H2,1H3,(H2,17,19).